The first-order valence-electron chi connectivity index (χ1n) is 11.1. The van der Waals surface area contributed by atoms with Crippen LogP contribution in [0.4, 0.5) is 9.93 Å². The van der Waals surface area contributed by atoms with E-state index in [1.54, 1.807) is 31.1 Å². The van der Waals surface area contributed by atoms with Crippen LogP contribution in [0.2, 0.25) is 0 Å². The number of aromatic nitrogens is 1. The van der Waals surface area contributed by atoms with Crippen LogP contribution in [-0.2, 0) is 9.59 Å². The van der Waals surface area contributed by atoms with E-state index in [0.29, 0.717) is 30.1 Å². The van der Waals surface area contributed by atoms with Gasteiger partial charge in [0, 0.05) is 31.6 Å². The fraction of sp³-hybridized carbons (Fsp3) is 0.280. The second-order valence-corrected chi connectivity index (χ2v) is 9.13. The SMILES string of the molecule is CN(C)C(=O)N[C@@H](C(=O)N1CCC[C@H]1C(=O)Nc1nc(-c2ccccc2)cs1)c1ccccc1. The van der Waals surface area contributed by atoms with Gasteiger partial charge in [0.2, 0.25) is 5.91 Å². The van der Waals surface area contributed by atoms with Gasteiger partial charge in [0.15, 0.2) is 5.13 Å². The van der Waals surface area contributed by atoms with Gasteiger partial charge < -0.3 is 20.4 Å². The minimum absolute atomic E-state index is 0.273. The monoisotopic (exact) mass is 477 g/mol. The third-order valence-corrected chi connectivity index (χ3v) is 6.45. The van der Waals surface area contributed by atoms with Crippen LogP contribution in [0.5, 0.6) is 0 Å². The van der Waals surface area contributed by atoms with Crippen LogP contribution in [0.25, 0.3) is 11.3 Å². The molecule has 1 saturated heterocycles. The Kier molecular flexibility index (Phi) is 7.22. The summed E-state index contributed by atoms with van der Waals surface area (Å²) in [6.07, 6.45) is 1.26. The van der Waals surface area contributed by atoms with Crippen molar-refractivity contribution in [2.45, 2.75) is 24.9 Å². The summed E-state index contributed by atoms with van der Waals surface area (Å²) in [5, 5.41) is 8.05. The number of anilines is 1. The highest BCUT2D eigenvalue weighted by Gasteiger charge is 2.38. The summed E-state index contributed by atoms with van der Waals surface area (Å²) >= 11 is 1.35. The lowest BCUT2D eigenvalue weighted by atomic mass is 10.0. The zero-order valence-corrected chi connectivity index (χ0v) is 19.9. The number of carbonyl (C=O) groups excluding carboxylic acids is 3. The zero-order chi connectivity index (χ0) is 24.1. The molecule has 9 heteroatoms. The Hall–Kier alpha value is -3.72. The molecule has 0 spiro atoms. The first kappa shape index (κ1) is 23.4. The molecule has 2 N–H and O–H groups in total. The quantitative estimate of drug-likeness (QED) is 0.565. The molecule has 4 amide bonds. The molecule has 1 fully saturated rings. The Morgan fingerprint density at radius 2 is 1.74 bits per heavy atom. The molecule has 0 radical (unpaired) electrons. The fourth-order valence-corrected chi connectivity index (χ4v) is 4.64. The number of hydrogen-bond donors (Lipinski definition) is 2. The van der Waals surface area contributed by atoms with E-state index in [1.165, 1.54) is 16.2 Å². The third-order valence-electron chi connectivity index (χ3n) is 5.70. The number of likely N-dealkylation sites (tertiary alicyclic amines) is 1. The summed E-state index contributed by atoms with van der Waals surface area (Å²) in [6, 6.07) is 16.9. The number of benzene rings is 2. The molecule has 1 aliphatic heterocycles. The van der Waals surface area contributed by atoms with E-state index < -0.39 is 12.1 Å². The predicted molar refractivity (Wildman–Crippen MR) is 132 cm³/mol. The molecular formula is C25H27N5O3S. The Labute approximate surface area is 202 Å². The van der Waals surface area contributed by atoms with Crippen molar-refractivity contribution >= 4 is 34.3 Å². The van der Waals surface area contributed by atoms with Crippen LogP contribution < -0.4 is 10.6 Å². The van der Waals surface area contributed by atoms with Crippen LogP contribution in [0.1, 0.15) is 24.4 Å². The highest BCUT2D eigenvalue weighted by molar-refractivity contribution is 7.14. The average molecular weight is 478 g/mol. The molecule has 4 rings (SSSR count). The highest BCUT2D eigenvalue weighted by atomic mass is 32.1. The van der Waals surface area contributed by atoms with Gasteiger partial charge in [-0.2, -0.15) is 0 Å². The first-order valence-corrected chi connectivity index (χ1v) is 12.0. The normalized spacial score (nSPS) is 16.1. The lowest BCUT2D eigenvalue weighted by Gasteiger charge is -2.29. The van der Waals surface area contributed by atoms with E-state index in [0.717, 1.165) is 11.3 Å². The van der Waals surface area contributed by atoms with Gasteiger partial charge in [0.05, 0.1) is 5.69 Å². The number of nitrogens with one attached hydrogen (secondary N) is 2. The molecule has 1 aromatic heterocycles. The maximum Gasteiger partial charge on any atom is 0.317 e. The summed E-state index contributed by atoms with van der Waals surface area (Å²) in [7, 11) is 3.23. The summed E-state index contributed by atoms with van der Waals surface area (Å²) in [6.45, 7) is 0.450. The molecule has 0 unspecified atom stereocenters. The van der Waals surface area contributed by atoms with Crippen molar-refractivity contribution in [1.82, 2.24) is 20.1 Å². The van der Waals surface area contributed by atoms with Crippen LogP contribution in [0, 0.1) is 0 Å². The van der Waals surface area contributed by atoms with Crippen molar-refractivity contribution in [2.24, 2.45) is 0 Å². The van der Waals surface area contributed by atoms with Gasteiger partial charge in [-0.05, 0) is 18.4 Å². The molecular weight excluding hydrogens is 450 g/mol. The van der Waals surface area contributed by atoms with Crippen LogP contribution in [0.15, 0.2) is 66.0 Å². The minimum atomic E-state index is -0.881. The van der Waals surface area contributed by atoms with Crippen molar-refractivity contribution in [2.75, 3.05) is 26.0 Å². The summed E-state index contributed by atoms with van der Waals surface area (Å²) in [5.41, 5.74) is 2.43. The standard InChI is InChI=1S/C25H27N5O3S/c1-29(2)25(33)27-21(18-12-7-4-8-13-18)23(32)30-15-9-14-20(30)22(31)28-24-26-19(16-34-24)17-10-5-3-6-11-17/h3-8,10-13,16,20-21H,9,14-15H2,1-2H3,(H,27,33)(H,26,28,31)/t20-,21+/m0/s1. The number of rotatable bonds is 6. The summed E-state index contributed by atoms with van der Waals surface area (Å²) in [4.78, 5) is 46.5. The first-order chi connectivity index (χ1) is 16.4. The zero-order valence-electron chi connectivity index (χ0n) is 19.1. The molecule has 0 aliphatic carbocycles. The van der Waals surface area contributed by atoms with Gasteiger partial charge in [-0.1, -0.05) is 60.7 Å². The van der Waals surface area contributed by atoms with Crippen molar-refractivity contribution in [3.05, 3.63) is 71.6 Å². The minimum Gasteiger partial charge on any atom is -0.331 e. The van der Waals surface area contributed by atoms with Crippen molar-refractivity contribution in [1.29, 1.82) is 0 Å². The van der Waals surface area contributed by atoms with Crippen molar-refractivity contribution in [3.63, 3.8) is 0 Å². The Morgan fingerprint density at radius 1 is 1.06 bits per heavy atom. The number of thiazole rings is 1. The van der Waals surface area contributed by atoms with E-state index in [9.17, 15) is 14.4 Å². The van der Waals surface area contributed by atoms with E-state index in [1.807, 2.05) is 53.9 Å². The van der Waals surface area contributed by atoms with Gasteiger partial charge in [-0.15, -0.1) is 11.3 Å². The van der Waals surface area contributed by atoms with E-state index in [-0.39, 0.29) is 17.8 Å². The Morgan fingerprint density at radius 3 is 2.41 bits per heavy atom. The molecule has 8 nitrogen and oxygen atoms in total. The molecule has 34 heavy (non-hydrogen) atoms. The number of amides is 4. The maximum absolute atomic E-state index is 13.6. The van der Waals surface area contributed by atoms with Gasteiger partial charge in [-0.3, -0.25) is 9.59 Å². The van der Waals surface area contributed by atoms with E-state index in [4.69, 9.17) is 0 Å². The Balaban J connectivity index is 1.50. The summed E-state index contributed by atoms with van der Waals surface area (Å²) in [5.74, 6) is -0.575. The molecule has 2 heterocycles. The Bertz CT molecular complexity index is 1150. The number of carbonyl (C=O) groups is 3. The van der Waals surface area contributed by atoms with Crippen molar-refractivity contribution < 1.29 is 14.4 Å². The average Bonchev–Trinajstić information content (AvgIpc) is 3.53. The molecule has 176 valence electrons. The lowest BCUT2D eigenvalue weighted by molar-refractivity contribution is -0.138. The molecule has 1 aliphatic rings. The molecule has 3 aromatic rings. The maximum atomic E-state index is 13.6. The van der Waals surface area contributed by atoms with Crippen molar-refractivity contribution in [3.8, 4) is 11.3 Å². The van der Waals surface area contributed by atoms with Crippen LogP contribution in [-0.4, -0.2) is 59.3 Å². The topological polar surface area (TPSA) is 94.6 Å². The highest BCUT2D eigenvalue weighted by Crippen LogP contribution is 2.27. The van der Waals surface area contributed by atoms with Gasteiger partial charge >= 0.3 is 6.03 Å². The number of hydrogen-bond acceptors (Lipinski definition) is 5. The fourth-order valence-electron chi connectivity index (χ4n) is 3.92. The van der Waals surface area contributed by atoms with Crippen LogP contribution >= 0.6 is 11.3 Å². The third kappa shape index (κ3) is 5.26. The van der Waals surface area contributed by atoms with E-state index in [2.05, 4.69) is 15.6 Å². The molecule has 0 bridgehead atoms. The predicted octanol–water partition coefficient (Wildman–Crippen LogP) is 3.75. The molecule has 2 atom stereocenters. The van der Waals surface area contributed by atoms with Gasteiger partial charge in [0.25, 0.3) is 5.91 Å². The van der Waals surface area contributed by atoms with E-state index >= 15 is 0 Å². The number of urea groups is 1. The molecule has 2 aromatic carbocycles. The largest absolute Gasteiger partial charge is 0.331 e. The lowest BCUT2D eigenvalue weighted by Crippen LogP contribution is -2.50. The van der Waals surface area contributed by atoms with Crippen LogP contribution in [0.3, 0.4) is 0 Å². The smallest absolute Gasteiger partial charge is 0.317 e. The summed E-state index contributed by atoms with van der Waals surface area (Å²) < 4.78 is 0. The molecule has 0 saturated carbocycles. The number of nitrogens with zero attached hydrogens (tertiary/aromatic N) is 3. The van der Waals surface area contributed by atoms with Gasteiger partial charge in [0.1, 0.15) is 12.1 Å². The second-order valence-electron chi connectivity index (χ2n) is 8.27. The van der Waals surface area contributed by atoms with Gasteiger partial charge in [-0.25, -0.2) is 9.78 Å². The second kappa shape index (κ2) is 10.5.